The van der Waals surface area contributed by atoms with Crippen molar-refractivity contribution in [1.82, 2.24) is 10.6 Å². The van der Waals surface area contributed by atoms with Gasteiger partial charge >= 0.3 is 0 Å². The van der Waals surface area contributed by atoms with E-state index in [-0.39, 0.29) is 18.1 Å². The Morgan fingerprint density at radius 3 is 2.92 bits per heavy atom. The van der Waals surface area contributed by atoms with Crippen LogP contribution in [0.2, 0.25) is 0 Å². The van der Waals surface area contributed by atoms with E-state index in [9.17, 15) is 4.79 Å². The normalized spacial score (nSPS) is 27.2. The number of carbonyl (C=O) groups is 1. The maximum absolute atomic E-state index is 12.4. The number of nitrogens with one attached hydrogen (secondary N) is 2. The summed E-state index contributed by atoms with van der Waals surface area (Å²) in [6, 6.07) is 8.02. The first-order valence-corrected chi connectivity index (χ1v) is 9.00. The molecule has 2 N–H and O–H groups in total. The predicted octanol–water partition coefficient (Wildman–Crippen LogP) is 2.50. The summed E-state index contributed by atoms with van der Waals surface area (Å²) >= 11 is 0. The average Bonchev–Trinajstić information content (AvgIpc) is 3.04. The quantitative estimate of drug-likeness (QED) is 0.840. The summed E-state index contributed by atoms with van der Waals surface area (Å²) in [7, 11) is 1.63. The molecule has 3 rings (SSSR count). The van der Waals surface area contributed by atoms with E-state index in [1.165, 1.54) is 25.7 Å². The molecule has 1 aliphatic carbocycles. The summed E-state index contributed by atoms with van der Waals surface area (Å²) in [5, 5.41) is 6.54. The molecule has 1 saturated heterocycles. The van der Waals surface area contributed by atoms with Crippen molar-refractivity contribution in [3.05, 3.63) is 24.3 Å². The molecule has 5 heteroatoms. The number of ether oxygens (including phenoxy) is 2. The topological polar surface area (TPSA) is 59.6 Å². The lowest BCUT2D eigenvalue weighted by Gasteiger charge is -2.24. The smallest absolute Gasteiger partial charge is 0.237 e. The Morgan fingerprint density at radius 1 is 1.33 bits per heavy atom. The summed E-state index contributed by atoms with van der Waals surface area (Å²) in [6.07, 6.45) is 5.95. The van der Waals surface area contributed by atoms with Gasteiger partial charge in [0.1, 0.15) is 17.6 Å². The van der Waals surface area contributed by atoms with Gasteiger partial charge in [0.2, 0.25) is 5.91 Å². The van der Waals surface area contributed by atoms with E-state index in [4.69, 9.17) is 9.47 Å². The number of amides is 1. The standard InChI is InChI=1S/C19H28N2O3/c1-13(24-16-8-5-7-15(11-16)23-2)12-20-19(22)18-10-14-6-3-4-9-17(14)21-18/h5,7-8,11,13-14,17-18,21H,3-4,6,9-10,12H2,1-2H3,(H,20,22). The van der Waals surface area contributed by atoms with Crippen molar-refractivity contribution < 1.29 is 14.3 Å². The summed E-state index contributed by atoms with van der Waals surface area (Å²) in [5.74, 6) is 2.30. The fraction of sp³-hybridized carbons (Fsp3) is 0.632. The van der Waals surface area contributed by atoms with Crippen LogP contribution in [0.4, 0.5) is 0 Å². The van der Waals surface area contributed by atoms with Gasteiger partial charge in [0.25, 0.3) is 0 Å². The molecule has 1 aromatic rings. The fourth-order valence-electron chi connectivity index (χ4n) is 3.84. The Bertz CT molecular complexity index is 549. The molecule has 2 aliphatic rings. The lowest BCUT2D eigenvalue weighted by atomic mass is 9.85. The zero-order chi connectivity index (χ0) is 16.9. The van der Waals surface area contributed by atoms with Crippen LogP contribution in [0.15, 0.2) is 24.3 Å². The minimum absolute atomic E-state index is 0.0397. The number of hydrogen-bond donors (Lipinski definition) is 2. The Labute approximate surface area is 144 Å². The SMILES string of the molecule is COc1cccc(OC(C)CNC(=O)C2CC3CCCCC3N2)c1. The summed E-state index contributed by atoms with van der Waals surface area (Å²) in [5.41, 5.74) is 0. The molecule has 0 radical (unpaired) electrons. The molecule has 0 spiro atoms. The van der Waals surface area contributed by atoms with Crippen molar-refractivity contribution in [2.75, 3.05) is 13.7 Å². The third-order valence-corrected chi connectivity index (χ3v) is 5.12. The molecule has 0 bridgehead atoms. The van der Waals surface area contributed by atoms with E-state index in [1.807, 2.05) is 31.2 Å². The van der Waals surface area contributed by atoms with Crippen LogP contribution in [-0.4, -0.2) is 37.7 Å². The molecule has 1 saturated carbocycles. The second-order valence-corrected chi connectivity index (χ2v) is 6.96. The van der Waals surface area contributed by atoms with Crippen molar-refractivity contribution in [2.24, 2.45) is 5.92 Å². The maximum atomic E-state index is 12.4. The molecule has 4 atom stereocenters. The van der Waals surface area contributed by atoms with Crippen molar-refractivity contribution >= 4 is 5.91 Å². The number of rotatable bonds is 6. The number of hydrogen-bond acceptors (Lipinski definition) is 4. The van der Waals surface area contributed by atoms with Crippen LogP contribution in [0.3, 0.4) is 0 Å². The minimum atomic E-state index is -0.0928. The molecule has 4 unspecified atom stereocenters. The van der Waals surface area contributed by atoms with Crippen LogP contribution in [0.5, 0.6) is 11.5 Å². The van der Waals surface area contributed by atoms with Crippen molar-refractivity contribution in [3.63, 3.8) is 0 Å². The second kappa shape index (κ2) is 7.88. The van der Waals surface area contributed by atoms with Gasteiger partial charge in [-0.3, -0.25) is 4.79 Å². The third kappa shape index (κ3) is 4.20. The second-order valence-electron chi connectivity index (χ2n) is 6.96. The molecule has 5 nitrogen and oxygen atoms in total. The first kappa shape index (κ1) is 17.1. The Kier molecular flexibility index (Phi) is 5.61. The van der Waals surface area contributed by atoms with Crippen LogP contribution in [0.25, 0.3) is 0 Å². The molecule has 0 aromatic heterocycles. The molecular formula is C19H28N2O3. The molecule has 24 heavy (non-hydrogen) atoms. The van der Waals surface area contributed by atoms with Gasteiger partial charge in [0.15, 0.2) is 0 Å². The van der Waals surface area contributed by atoms with Gasteiger partial charge in [-0.05, 0) is 44.2 Å². The van der Waals surface area contributed by atoms with Gasteiger partial charge in [0.05, 0.1) is 19.7 Å². The monoisotopic (exact) mass is 332 g/mol. The molecule has 1 aromatic carbocycles. The highest BCUT2D eigenvalue weighted by molar-refractivity contribution is 5.82. The van der Waals surface area contributed by atoms with Crippen LogP contribution in [0.1, 0.15) is 39.0 Å². The van der Waals surface area contributed by atoms with Crippen LogP contribution in [0, 0.1) is 5.92 Å². The highest BCUT2D eigenvalue weighted by Gasteiger charge is 2.38. The molecule has 1 amide bonds. The molecule has 132 valence electrons. The first-order chi connectivity index (χ1) is 11.7. The van der Waals surface area contributed by atoms with Crippen molar-refractivity contribution in [2.45, 2.75) is 57.2 Å². The number of methoxy groups -OCH3 is 1. The van der Waals surface area contributed by atoms with Crippen molar-refractivity contribution in [1.29, 1.82) is 0 Å². The number of carbonyl (C=O) groups excluding carboxylic acids is 1. The van der Waals surface area contributed by atoms with E-state index in [0.29, 0.717) is 18.5 Å². The van der Waals surface area contributed by atoms with Gasteiger partial charge in [-0.25, -0.2) is 0 Å². The van der Waals surface area contributed by atoms with Gasteiger partial charge in [-0.2, -0.15) is 0 Å². The van der Waals surface area contributed by atoms with E-state index in [1.54, 1.807) is 7.11 Å². The van der Waals surface area contributed by atoms with E-state index >= 15 is 0 Å². The highest BCUT2D eigenvalue weighted by atomic mass is 16.5. The zero-order valence-electron chi connectivity index (χ0n) is 14.6. The molecule has 1 heterocycles. The molecule has 2 fully saturated rings. The fourth-order valence-corrected chi connectivity index (χ4v) is 3.84. The van der Waals surface area contributed by atoms with Gasteiger partial charge in [-0.15, -0.1) is 0 Å². The van der Waals surface area contributed by atoms with Gasteiger partial charge in [-0.1, -0.05) is 18.9 Å². The van der Waals surface area contributed by atoms with E-state index in [2.05, 4.69) is 10.6 Å². The summed E-state index contributed by atoms with van der Waals surface area (Å²) in [4.78, 5) is 12.4. The predicted molar refractivity (Wildman–Crippen MR) is 93.4 cm³/mol. The lowest BCUT2D eigenvalue weighted by Crippen LogP contribution is -2.45. The third-order valence-electron chi connectivity index (χ3n) is 5.12. The van der Waals surface area contributed by atoms with E-state index < -0.39 is 0 Å². The Balaban J connectivity index is 1.44. The maximum Gasteiger partial charge on any atom is 0.237 e. The Morgan fingerprint density at radius 2 is 2.12 bits per heavy atom. The van der Waals surface area contributed by atoms with Gasteiger partial charge in [0, 0.05) is 12.1 Å². The molecule has 1 aliphatic heterocycles. The van der Waals surface area contributed by atoms with Crippen LogP contribution in [-0.2, 0) is 4.79 Å². The van der Waals surface area contributed by atoms with Crippen LogP contribution >= 0.6 is 0 Å². The lowest BCUT2D eigenvalue weighted by molar-refractivity contribution is -0.123. The number of fused-ring (bicyclic) bond motifs is 1. The highest BCUT2D eigenvalue weighted by Crippen LogP contribution is 2.33. The van der Waals surface area contributed by atoms with E-state index in [0.717, 1.165) is 17.9 Å². The summed E-state index contributed by atoms with van der Waals surface area (Å²) in [6.45, 7) is 2.46. The zero-order valence-corrected chi connectivity index (χ0v) is 14.6. The summed E-state index contributed by atoms with van der Waals surface area (Å²) < 4.78 is 11.0. The Hall–Kier alpha value is -1.75. The minimum Gasteiger partial charge on any atom is -0.497 e. The number of benzene rings is 1. The largest absolute Gasteiger partial charge is 0.497 e. The van der Waals surface area contributed by atoms with Crippen LogP contribution < -0.4 is 20.1 Å². The van der Waals surface area contributed by atoms with Crippen molar-refractivity contribution in [3.8, 4) is 11.5 Å². The average molecular weight is 332 g/mol. The first-order valence-electron chi connectivity index (χ1n) is 9.00. The molecular weight excluding hydrogens is 304 g/mol. The van der Waals surface area contributed by atoms with Gasteiger partial charge < -0.3 is 20.1 Å².